The highest BCUT2D eigenvalue weighted by Crippen LogP contribution is 2.35. The van der Waals surface area contributed by atoms with Crippen LogP contribution in [0.5, 0.6) is 0 Å². The Balaban J connectivity index is 1.47. The van der Waals surface area contributed by atoms with Crippen molar-refractivity contribution in [2.45, 2.75) is 31.9 Å². The van der Waals surface area contributed by atoms with E-state index in [9.17, 15) is 4.79 Å². The molecule has 6 heteroatoms. The standard InChI is InChI=1S/C17H24N2O4/c20-17(19-6-1-2-8-23-19)15-11-18(10-13-4-3-7-21-13)12-16-14(15)5-9-22-16/h3-4,7,14-16H,1-2,5-6,8-12H2/t14-,15-,16+/m0/s1. The molecule has 1 aromatic heterocycles. The highest BCUT2D eigenvalue weighted by atomic mass is 16.7. The monoisotopic (exact) mass is 320 g/mol. The SMILES string of the molecule is O=C([C@H]1CN(Cc2ccco2)C[C@H]2OCC[C@@H]12)N1CCCCO1. The summed E-state index contributed by atoms with van der Waals surface area (Å²) in [5.74, 6) is 1.35. The van der Waals surface area contributed by atoms with Crippen LogP contribution in [0, 0.1) is 11.8 Å². The lowest BCUT2D eigenvalue weighted by Gasteiger charge is -2.41. The number of nitrogens with zero attached hydrogens (tertiary/aromatic N) is 2. The van der Waals surface area contributed by atoms with Crippen molar-refractivity contribution in [3.8, 4) is 0 Å². The first kappa shape index (κ1) is 15.2. The van der Waals surface area contributed by atoms with Crippen molar-refractivity contribution in [1.29, 1.82) is 0 Å². The van der Waals surface area contributed by atoms with E-state index < -0.39 is 0 Å². The number of ether oxygens (including phenoxy) is 1. The van der Waals surface area contributed by atoms with Crippen LogP contribution in [0.15, 0.2) is 22.8 Å². The number of likely N-dealkylation sites (tertiary alicyclic amines) is 1. The predicted molar refractivity (Wildman–Crippen MR) is 82.2 cm³/mol. The van der Waals surface area contributed by atoms with Crippen LogP contribution >= 0.6 is 0 Å². The Morgan fingerprint density at radius 3 is 3.00 bits per heavy atom. The maximum atomic E-state index is 12.9. The van der Waals surface area contributed by atoms with Crippen molar-refractivity contribution in [1.82, 2.24) is 9.96 Å². The second-order valence-corrected chi connectivity index (χ2v) is 6.72. The van der Waals surface area contributed by atoms with E-state index in [1.165, 1.54) is 0 Å². The first-order chi connectivity index (χ1) is 11.3. The van der Waals surface area contributed by atoms with Gasteiger partial charge in [0.15, 0.2) is 0 Å². The molecule has 0 unspecified atom stereocenters. The lowest BCUT2D eigenvalue weighted by Crippen LogP contribution is -2.53. The van der Waals surface area contributed by atoms with Crippen LogP contribution in [0.3, 0.4) is 0 Å². The molecular formula is C17H24N2O4. The van der Waals surface area contributed by atoms with E-state index in [1.54, 1.807) is 11.3 Å². The lowest BCUT2D eigenvalue weighted by molar-refractivity contribution is -0.205. The number of amides is 1. The third kappa shape index (κ3) is 3.16. The van der Waals surface area contributed by atoms with Gasteiger partial charge < -0.3 is 9.15 Å². The van der Waals surface area contributed by atoms with Crippen molar-refractivity contribution in [3.63, 3.8) is 0 Å². The molecule has 0 aliphatic carbocycles. The van der Waals surface area contributed by atoms with Gasteiger partial charge in [-0.3, -0.25) is 14.5 Å². The van der Waals surface area contributed by atoms with Gasteiger partial charge in [-0.25, -0.2) is 5.06 Å². The minimum absolute atomic E-state index is 0.0377. The summed E-state index contributed by atoms with van der Waals surface area (Å²) >= 11 is 0. The van der Waals surface area contributed by atoms with E-state index in [4.69, 9.17) is 14.0 Å². The number of furan rings is 1. The van der Waals surface area contributed by atoms with Crippen LogP contribution in [-0.2, 0) is 20.9 Å². The molecule has 126 valence electrons. The summed E-state index contributed by atoms with van der Waals surface area (Å²) in [6.07, 6.45) is 4.88. The van der Waals surface area contributed by atoms with Gasteiger partial charge in [0.2, 0.25) is 0 Å². The van der Waals surface area contributed by atoms with Crippen LogP contribution < -0.4 is 0 Å². The average Bonchev–Trinajstić information content (AvgIpc) is 3.26. The molecule has 0 bridgehead atoms. The molecule has 4 rings (SSSR count). The first-order valence-corrected chi connectivity index (χ1v) is 8.62. The van der Waals surface area contributed by atoms with Gasteiger partial charge >= 0.3 is 0 Å². The number of rotatable bonds is 3. The average molecular weight is 320 g/mol. The quantitative estimate of drug-likeness (QED) is 0.848. The summed E-state index contributed by atoms with van der Waals surface area (Å²) in [5, 5.41) is 1.60. The second-order valence-electron chi connectivity index (χ2n) is 6.72. The van der Waals surface area contributed by atoms with E-state index in [0.717, 1.165) is 51.3 Å². The Kier molecular flexibility index (Phi) is 4.37. The van der Waals surface area contributed by atoms with Gasteiger partial charge in [-0.1, -0.05) is 0 Å². The summed E-state index contributed by atoms with van der Waals surface area (Å²) in [5.41, 5.74) is 0. The summed E-state index contributed by atoms with van der Waals surface area (Å²) < 4.78 is 11.3. The molecule has 0 radical (unpaired) electrons. The maximum Gasteiger partial charge on any atom is 0.250 e. The van der Waals surface area contributed by atoms with Gasteiger partial charge in [0, 0.05) is 32.2 Å². The molecule has 1 aromatic rings. The fourth-order valence-corrected chi connectivity index (χ4v) is 4.02. The smallest absolute Gasteiger partial charge is 0.250 e. The van der Waals surface area contributed by atoms with Crippen molar-refractivity contribution in [2.24, 2.45) is 11.8 Å². The zero-order valence-electron chi connectivity index (χ0n) is 13.4. The van der Waals surface area contributed by atoms with Crippen LogP contribution in [0.1, 0.15) is 25.0 Å². The van der Waals surface area contributed by atoms with Crippen molar-refractivity contribution < 1.29 is 18.8 Å². The topological polar surface area (TPSA) is 55.2 Å². The molecule has 0 N–H and O–H groups in total. The first-order valence-electron chi connectivity index (χ1n) is 8.62. The molecular weight excluding hydrogens is 296 g/mol. The number of hydrogen-bond acceptors (Lipinski definition) is 5. The predicted octanol–water partition coefficient (Wildman–Crippen LogP) is 1.67. The normalized spacial score (nSPS) is 32.0. The highest BCUT2D eigenvalue weighted by Gasteiger charge is 2.45. The van der Waals surface area contributed by atoms with Crippen molar-refractivity contribution in [2.75, 3.05) is 32.8 Å². The largest absolute Gasteiger partial charge is 0.468 e. The Hall–Kier alpha value is -1.37. The lowest BCUT2D eigenvalue weighted by atomic mass is 9.82. The Morgan fingerprint density at radius 2 is 2.22 bits per heavy atom. The minimum Gasteiger partial charge on any atom is -0.468 e. The van der Waals surface area contributed by atoms with Gasteiger partial charge in [-0.05, 0) is 31.4 Å². The minimum atomic E-state index is -0.0377. The summed E-state index contributed by atoms with van der Waals surface area (Å²) in [7, 11) is 0. The van der Waals surface area contributed by atoms with Gasteiger partial charge in [-0.15, -0.1) is 0 Å². The van der Waals surface area contributed by atoms with Gasteiger partial charge in [0.05, 0.1) is 31.4 Å². The molecule has 3 fully saturated rings. The second kappa shape index (κ2) is 6.63. The zero-order chi connectivity index (χ0) is 15.6. The van der Waals surface area contributed by atoms with E-state index in [0.29, 0.717) is 19.1 Å². The number of hydroxylamine groups is 2. The molecule has 3 aliphatic heterocycles. The molecule has 0 spiro atoms. The molecule has 3 aliphatic rings. The molecule has 4 heterocycles. The third-order valence-electron chi connectivity index (χ3n) is 5.20. The van der Waals surface area contributed by atoms with Gasteiger partial charge in [0.25, 0.3) is 5.91 Å². The van der Waals surface area contributed by atoms with Gasteiger partial charge in [-0.2, -0.15) is 0 Å². The Bertz CT molecular complexity index is 527. The summed E-state index contributed by atoms with van der Waals surface area (Å²) in [4.78, 5) is 20.8. The van der Waals surface area contributed by atoms with Crippen molar-refractivity contribution >= 4 is 5.91 Å². The molecule has 0 saturated carbocycles. The molecule has 0 aromatic carbocycles. The Labute approximate surface area is 136 Å². The third-order valence-corrected chi connectivity index (χ3v) is 5.20. The fourth-order valence-electron chi connectivity index (χ4n) is 4.02. The van der Waals surface area contributed by atoms with Crippen LogP contribution in [0.4, 0.5) is 0 Å². The number of carbonyl (C=O) groups is 1. The summed E-state index contributed by atoms with van der Waals surface area (Å²) in [6, 6.07) is 3.88. The molecule has 3 atom stereocenters. The molecule has 23 heavy (non-hydrogen) atoms. The van der Waals surface area contributed by atoms with Crippen LogP contribution in [0.25, 0.3) is 0 Å². The molecule has 1 amide bonds. The molecule has 6 nitrogen and oxygen atoms in total. The maximum absolute atomic E-state index is 12.9. The fraction of sp³-hybridized carbons (Fsp3) is 0.706. The zero-order valence-corrected chi connectivity index (χ0v) is 13.4. The van der Waals surface area contributed by atoms with Gasteiger partial charge in [0.1, 0.15) is 5.76 Å². The van der Waals surface area contributed by atoms with E-state index in [1.807, 2.05) is 12.1 Å². The van der Waals surface area contributed by atoms with Crippen molar-refractivity contribution in [3.05, 3.63) is 24.2 Å². The Morgan fingerprint density at radius 1 is 1.26 bits per heavy atom. The van der Waals surface area contributed by atoms with E-state index in [-0.39, 0.29) is 17.9 Å². The van der Waals surface area contributed by atoms with Crippen LogP contribution in [-0.4, -0.2) is 54.8 Å². The number of piperidine rings is 1. The summed E-state index contributed by atoms with van der Waals surface area (Å²) in [6.45, 7) is 4.48. The van der Waals surface area contributed by atoms with E-state index >= 15 is 0 Å². The van der Waals surface area contributed by atoms with E-state index in [2.05, 4.69) is 4.90 Å². The highest BCUT2D eigenvalue weighted by molar-refractivity contribution is 5.78. The number of fused-ring (bicyclic) bond motifs is 1. The number of hydrogen-bond donors (Lipinski definition) is 0. The molecule has 3 saturated heterocycles. The van der Waals surface area contributed by atoms with Crippen LogP contribution in [0.2, 0.25) is 0 Å². The number of carbonyl (C=O) groups excluding carboxylic acids is 1.